The van der Waals surface area contributed by atoms with E-state index in [1.807, 2.05) is 82.5 Å². The molecule has 36 heavy (non-hydrogen) atoms. The highest BCUT2D eigenvalue weighted by Crippen LogP contribution is 2.36. The maximum atomic E-state index is 13.0. The minimum Gasteiger partial charge on any atom is -0.482 e. The number of hydrogen-bond acceptors (Lipinski definition) is 6. The molecule has 5 rings (SSSR count). The number of carbonyl (C=O) groups is 1. The Labute approximate surface area is 210 Å². The van der Waals surface area contributed by atoms with Crippen LogP contribution in [0.3, 0.4) is 0 Å². The summed E-state index contributed by atoms with van der Waals surface area (Å²) in [4.78, 5) is 17.3. The minimum atomic E-state index is -0.399. The minimum absolute atomic E-state index is 0.177. The molecular weight excluding hydrogens is 454 g/mol. The topological polar surface area (TPSA) is 104 Å². The van der Waals surface area contributed by atoms with Gasteiger partial charge in [-0.3, -0.25) is 9.48 Å². The quantitative estimate of drug-likeness (QED) is 0.390. The number of hydrogen-bond donors (Lipinski definition) is 2. The van der Waals surface area contributed by atoms with Gasteiger partial charge in [-0.15, -0.1) is 0 Å². The molecule has 1 aliphatic heterocycles. The van der Waals surface area contributed by atoms with E-state index in [2.05, 4.69) is 15.4 Å². The summed E-state index contributed by atoms with van der Waals surface area (Å²) in [6.07, 6.45) is 5.04. The number of ether oxygens (including phenoxy) is 2. The molecule has 184 valence electrons. The van der Waals surface area contributed by atoms with E-state index in [1.54, 1.807) is 17.1 Å². The van der Waals surface area contributed by atoms with Gasteiger partial charge >= 0.3 is 0 Å². The lowest BCUT2D eigenvalue weighted by atomic mass is 9.94. The molecule has 3 heterocycles. The van der Waals surface area contributed by atoms with Crippen molar-refractivity contribution < 1.29 is 14.3 Å². The predicted octanol–water partition coefficient (Wildman–Crippen LogP) is 5.22. The Bertz CT molecular complexity index is 1440. The molecule has 2 aromatic carbocycles. The van der Waals surface area contributed by atoms with Crippen molar-refractivity contribution in [2.45, 2.75) is 39.1 Å². The predicted molar refractivity (Wildman–Crippen MR) is 139 cm³/mol. The van der Waals surface area contributed by atoms with Gasteiger partial charge in [0.25, 0.3) is 5.91 Å². The zero-order chi connectivity index (χ0) is 25.4. The lowest BCUT2D eigenvalue weighted by molar-refractivity contribution is -0.00790. The summed E-state index contributed by atoms with van der Waals surface area (Å²) in [5.74, 6) is 0.618. The van der Waals surface area contributed by atoms with Gasteiger partial charge in [0.1, 0.15) is 6.10 Å². The maximum absolute atomic E-state index is 13.0. The Morgan fingerprint density at radius 3 is 2.78 bits per heavy atom. The highest BCUT2D eigenvalue weighted by atomic mass is 16.5. The number of nitrogens with zero attached hydrogens (tertiary/aromatic N) is 3. The number of aryl methyl sites for hydroxylation is 1. The highest BCUT2D eigenvalue weighted by molar-refractivity contribution is 6.04. The molecule has 0 aliphatic carbocycles. The SMILES string of the molecule is C[C@@H](Oc1cc(-c2cnn(C)c2)cnc1N)c1cccc(NC(=O)c2ccc3c(c2)C(C)(C)OC3)c1. The van der Waals surface area contributed by atoms with Gasteiger partial charge in [0.15, 0.2) is 11.6 Å². The molecule has 0 unspecified atom stereocenters. The molecule has 8 heteroatoms. The molecule has 8 nitrogen and oxygen atoms in total. The van der Waals surface area contributed by atoms with Crippen molar-refractivity contribution in [3.05, 3.63) is 89.4 Å². The van der Waals surface area contributed by atoms with Crippen LogP contribution in [0, 0.1) is 0 Å². The van der Waals surface area contributed by atoms with Crippen molar-refractivity contribution in [1.82, 2.24) is 14.8 Å². The number of nitrogens with one attached hydrogen (secondary N) is 1. The molecule has 0 spiro atoms. The van der Waals surface area contributed by atoms with E-state index in [-0.39, 0.29) is 12.0 Å². The number of pyridine rings is 1. The second-order valence-corrected chi connectivity index (χ2v) is 9.52. The van der Waals surface area contributed by atoms with Crippen molar-refractivity contribution in [3.8, 4) is 16.9 Å². The van der Waals surface area contributed by atoms with Gasteiger partial charge in [0.2, 0.25) is 0 Å². The summed E-state index contributed by atoms with van der Waals surface area (Å²) in [6.45, 7) is 6.52. The lowest BCUT2D eigenvalue weighted by Gasteiger charge is -2.19. The number of carbonyl (C=O) groups excluding carboxylic acids is 1. The average molecular weight is 484 g/mol. The zero-order valence-electron chi connectivity index (χ0n) is 20.8. The van der Waals surface area contributed by atoms with E-state index in [9.17, 15) is 4.79 Å². The smallest absolute Gasteiger partial charge is 0.255 e. The molecule has 0 radical (unpaired) electrons. The van der Waals surface area contributed by atoms with Crippen LogP contribution in [0.4, 0.5) is 11.5 Å². The number of nitrogen functional groups attached to an aromatic ring is 1. The molecule has 0 saturated heterocycles. The summed E-state index contributed by atoms with van der Waals surface area (Å²) in [7, 11) is 1.86. The Balaban J connectivity index is 1.32. The standard InChI is InChI=1S/C28H29N5O3/c1-17(36-25-12-21(13-30-26(25)29)22-14-31-33(4)15-22)18-6-5-7-23(10-18)32-27(34)19-8-9-20-16-35-28(2,3)24(20)11-19/h5-15,17H,16H2,1-4H3,(H2,29,30)(H,32,34)/t17-/m1/s1. The van der Waals surface area contributed by atoms with E-state index in [4.69, 9.17) is 15.2 Å². The molecule has 4 aromatic rings. The van der Waals surface area contributed by atoms with Crippen LogP contribution in [0.5, 0.6) is 5.75 Å². The van der Waals surface area contributed by atoms with Gasteiger partial charge in [-0.25, -0.2) is 4.98 Å². The van der Waals surface area contributed by atoms with Crippen LogP contribution in [0.15, 0.2) is 67.1 Å². The molecule has 0 saturated carbocycles. The van der Waals surface area contributed by atoms with Gasteiger partial charge in [0, 0.05) is 41.8 Å². The van der Waals surface area contributed by atoms with Crippen molar-refractivity contribution in [3.63, 3.8) is 0 Å². The second kappa shape index (κ2) is 9.13. The monoisotopic (exact) mass is 483 g/mol. The van der Waals surface area contributed by atoms with Crippen LogP contribution >= 0.6 is 0 Å². The fourth-order valence-electron chi connectivity index (χ4n) is 4.35. The van der Waals surface area contributed by atoms with E-state index in [0.717, 1.165) is 27.8 Å². The van der Waals surface area contributed by atoms with Gasteiger partial charge in [0.05, 0.1) is 18.4 Å². The third-order valence-electron chi connectivity index (χ3n) is 6.45. The fourth-order valence-corrected chi connectivity index (χ4v) is 4.35. The fraction of sp³-hybridized carbons (Fsp3) is 0.250. The highest BCUT2D eigenvalue weighted by Gasteiger charge is 2.31. The third-order valence-corrected chi connectivity index (χ3v) is 6.45. The number of nitrogens with two attached hydrogens (primary N) is 1. The molecule has 1 atom stereocenters. The molecule has 1 amide bonds. The van der Waals surface area contributed by atoms with Gasteiger partial charge < -0.3 is 20.5 Å². The van der Waals surface area contributed by atoms with Crippen LogP contribution < -0.4 is 15.8 Å². The van der Waals surface area contributed by atoms with Crippen molar-refractivity contribution in [2.75, 3.05) is 11.1 Å². The number of fused-ring (bicyclic) bond motifs is 1. The van der Waals surface area contributed by atoms with Crippen LogP contribution in [-0.2, 0) is 24.0 Å². The first-order valence-electron chi connectivity index (χ1n) is 11.8. The third kappa shape index (κ3) is 4.67. The first-order valence-corrected chi connectivity index (χ1v) is 11.8. The van der Waals surface area contributed by atoms with Crippen molar-refractivity contribution >= 4 is 17.4 Å². The summed E-state index contributed by atoms with van der Waals surface area (Å²) in [6, 6.07) is 15.2. The van der Waals surface area contributed by atoms with E-state index in [1.165, 1.54) is 0 Å². The van der Waals surface area contributed by atoms with Crippen LogP contribution in [0.1, 0.15) is 53.9 Å². The maximum Gasteiger partial charge on any atom is 0.255 e. The molecule has 0 fully saturated rings. The first-order chi connectivity index (χ1) is 17.2. The summed E-state index contributed by atoms with van der Waals surface area (Å²) in [5, 5.41) is 7.21. The number of benzene rings is 2. The number of amides is 1. The van der Waals surface area contributed by atoms with Crippen LogP contribution in [-0.4, -0.2) is 20.7 Å². The molecule has 2 aromatic heterocycles. The van der Waals surface area contributed by atoms with Crippen LogP contribution in [0.2, 0.25) is 0 Å². The lowest BCUT2D eigenvalue weighted by Crippen LogP contribution is -2.17. The molecule has 0 bridgehead atoms. The Morgan fingerprint density at radius 2 is 2.00 bits per heavy atom. The number of aromatic nitrogens is 3. The normalized spacial score (nSPS) is 14.8. The van der Waals surface area contributed by atoms with Crippen molar-refractivity contribution in [1.29, 1.82) is 0 Å². The second-order valence-electron chi connectivity index (χ2n) is 9.52. The number of anilines is 2. The molecular formula is C28H29N5O3. The Morgan fingerprint density at radius 1 is 1.17 bits per heavy atom. The zero-order valence-corrected chi connectivity index (χ0v) is 20.8. The Kier molecular flexibility index (Phi) is 5.97. The van der Waals surface area contributed by atoms with Gasteiger partial charge in [-0.2, -0.15) is 5.10 Å². The average Bonchev–Trinajstić information content (AvgIpc) is 3.43. The number of rotatable bonds is 6. The molecule has 1 aliphatic rings. The summed E-state index contributed by atoms with van der Waals surface area (Å²) >= 11 is 0. The molecule has 3 N–H and O–H groups in total. The van der Waals surface area contributed by atoms with Crippen LogP contribution in [0.25, 0.3) is 11.1 Å². The van der Waals surface area contributed by atoms with E-state index < -0.39 is 5.60 Å². The summed E-state index contributed by atoms with van der Waals surface area (Å²) < 4.78 is 13.7. The van der Waals surface area contributed by atoms with E-state index in [0.29, 0.717) is 29.4 Å². The van der Waals surface area contributed by atoms with Gasteiger partial charge in [-0.1, -0.05) is 18.2 Å². The first kappa shape index (κ1) is 23.6. The largest absolute Gasteiger partial charge is 0.482 e. The van der Waals surface area contributed by atoms with Crippen molar-refractivity contribution in [2.24, 2.45) is 7.05 Å². The summed E-state index contributed by atoms with van der Waals surface area (Å²) in [5.41, 5.74) is 11.8. The Hall–Kier alpha value is -4.17. The van der Waals surface area contributed by atoms with Gasteiger partial charge in [-0.05, 0) is 67.8 Å². The van der Waals surface area contributed by atoms with E-state index >= 15 is 0 Å².